The first-order valence-electron chi connectivity index (χ1n) is 3.80. The molecule has 0 N–H and O–H groups in total. The summed E-state index contributed by atoms with van der Waals surface area (Å²) < 4.78 is 2.14. The molecule has 2 heteroatoms. The van der Waals surface area contributed by atoms with Crippen LogP contribution in [0.5, 0.6) is 0 Å². The number of nitrogens with zero attached hydrogens (tertiary/aromatic N) is 1. The van der Waals surface area contributed by atoms with Crippen LogP contribution in [-0.2, 0) is 0 Å². The molecule has 0 aromatic heterocycles. The van der Waals surface area contributed by atoms with Crippen LogP contribution in [0, 0.1) is 0 Å². The molecule has 1 heterocycles. The average molecular weight is 163 g/mol. The van der Waals surface area contributed by atoms with Gasteiger partial charge in [-0.05, 0) is 6.08 Å². The fraction of sp³-hybridized carbons (Fsp3) is 0.100. The van der Waals surface area contributed by atoms with Gasteiger partial charge >= 0.3 is 0 Å². The molecule has 1 aliphatic heterocycles. The molecule has 1 nitrogen and oxygen atoms in total. The smallest absolute Gasteiger partial charge is 0.210 e. The number of rotatable bonds is 1. The van der Waals surface area contributed by atoms with Gasteiger partial charge < -0.3 is 4.70 Å². The lowest BCUT2D eigenvalue weighted by Gasteiger charge is -1.90. The van der Waals surface area contributed by atoms with Crippen LogP contribution in [0.3, 0.4) is 0 Å². The number of hydrogen-bond donors (Lipinski definition) is 0. The Bertz CT molecular complexity index is 301. The predicted molar refractivity (Wildman–Crippen MR) is 46.2 cm³/mol. The van der Waals surface area contributed by atoms with Crippen LogP contribution < -0.4 is 4.70 Å². The van der Waals surface area contributed by atoms with E-state index in [0.717, 1.165) is 6.42 Å². The quantitative estimate of drug-likeness (QED) is 0.483. The molecule has 1 aliphatic rings. The molecule has 0 aliphatic carbocycles. The minimum Gasteiger partial charge on any atom is -1.00 e. The summed E-state index contributed by atoms with van der Waals surface area (Å²) in [5, 5.41) is 0. The largest absolute Gasteiger partial charge is 1.00 e. The van der Waals surface area contributed by atoms with Crippen molar-refractivity contribution in [3.05, 3.63) is 42.6 Å². The Labute approximate surface area is 71.0 Å². The third kappa shape index (κ3) is 1.59. The van der Waals surface area contributed by atoms with Gasteiger partial charge in [-0.15, -0.1) is 0 Å². The fourth-order valence-electron chi connectivity index (χ4n) is 1.20. The van der Waals surface area contributed by atoms with Crippen molar-refractivity contribution in [3.63, 3.8) is 0 Å². The van der Waals surface area contributed by atoms with Crippen molar-refractivity contribution in [2.24, 2.45) is 0 Å². The second-order valence-electron chi connectivity index (χ2n) is 2.55. The molecule has 0 atom stereocenters. The van der Waals surface area contributed by atoms with Crippen molar-refractivity contribution < 1.29 is 9.28 Å². The highest BCUT2D eigenvalue weighted by Gasteiger charge is 2.06. The Balaban J connectivity index is 0.000000720. The van der Waals surface area contributed by atoms with E-state index in [1.54, 1.807) is 0 Å². The summed E-state index contributed by atoms with van der Waals surface area (Å²) in [5.74, 6) is 0. The van der Waals surface area contributed by atoms with Gasteiger partial charge in [0.1, 0.15) is 0 Å². The molecule has 0 radical (unpaired) electrons. The molecular formula is C10H10FN. The summed E-state index contributed by atoms with van der Waals surface area (Å²) in [6, 6.07) is 10.3. The summed E-state index contributed by atoms with van der Waals surface area (Å²) in [6.07, 6.45) is 7.45. The van der Waals surface area contributed by atoms with Crippen molar-refractivity contribution in [2.75, 3.05) is 0 Å². The molecule has 62 valence electrons. The number of allylic oxidation sites excluding steroid dienone is 1. The topological polar surface area (TPSA) is 3.01 Å². The third-order valence-electron chi connectivity index (χ3n) is 1.76. The number of halogens is 1. The molecule has 0 saturated carbocycles. The van der Waals surface area contributed by atoms with Crippen molar-refractivity contribution in [1.29, 1.82) is 0 Å². The highest BCUT2D eigenvalue weighted by atomic mass is 19.0. The zero-order valence-corrected chi connectivity index (χ0v) is 6.65. The zero-order valence-electron chi connectivity index (χ0n) is 6.65. The standard InChI is InChI=1S/C10H10N.FH/c1-2-6-10(7-3-1)11-8-4-5-9-11;/h1-4,6-9H,5H2;1H/q+1;/p-1. The normalized spacial score (nSPS) is 13.8. The Kier molecular flexibility index (Phi) is 2.75. The van der Waals surface area contributed by atoms with Crippen LogP contribution in [0.15, 0.2) is 42.6 Å². The van der Waals surface area contributed by atoms with Crippen molar-refractivity contribution in [3.8, 4) is 0 Å². The monoisotopic (exact) mass is 163 g/mol. The second-order valence-corrected chi connectivity index (χ2v) is 2.55. The maximum absolute atomic E-state index is 2.16. The molecule has 0 fully saturated rings. The predicted octanol–water partition coefficient (Wildman–Crippen LogP) is -0.677. The summed E-state index contributed by atoms with van der Waals surface area (Å²) >= 11 is 0. The zero-order chi connectivity index (χ0) is 7.52. The van der Waals surface area contributed by atoms with Crippen LogP contribution >= 0.6 is 0 Å². The summed E-state index contributed by atoms with van der Waals surface area (Å²) in [7, 11) is 0. The minimum absolute atomic E-state index is 0. The number of para-hydroxylation sites is 1. The molecule has 0 amide bonds. The number of hydrogen-bond acceptors (Lipinski definition) is 0. The van der Waals surface area contributed by atoms with Crippen LogP contribution in [0.1, 0.15) is 6.42 Å². The second kappa shape index (κ2) is 3.81. The van der Waals surface area contributed by atoms with E-state index in [1.807, 2.05) is 6.07 Å². The summed E-state index contributed by atoms with van der Waals surface area (Å²) in [5.41, 5.74) is 1.24. The fourth-order valence-corrected chi connectivity index (χ4v) is 1.20. The van der Waals surface area contributed by atoms with E-state index in [2.05, 4.69) is 47.3 Å². The SMILES string of the molecule is C1=C[N+](c2ccccc2)=CC1.[F-]. The molecular weight excluding hydrogens is 153 g/mol. The van der Waals surface area contributed by atoms with Gasteiger partial charge in [0.2, 0.25) is 5.69 Å². The Morgan fingerprint density at radius 1 is 1.08 bits per heavy atom. The Hall–Kier alpha value is -1.44. The van der Waals surface area contributed by atoms with Crippen molar-refractivity contribution in [2.45, 2.75) is 6.42 Å². The number of benzene rings is 1. The molecule has 0 unspecified atom stereocenters. The van der Waals surface area contributed by atoms with E-state index < -0.39 is 0 Å². The minimum atomic E-state index is 0. The Morgan fingerprint density at radius 2 is 1.83 bits per heavy atom. The average Bonchev–Trinajstić information content (AvgIpc) is 2.58. The van der Waals surface area contributed by atoms with Gasteiger partial charge in [0, 0.05) is 18.6 Å². The van der Waals surface area contributed by atoms with E-state index in [4.69, 9.17) is 0 Å². The molecule has 0 spiro atoms. The highest BCUT2D eigenvalue weighted by molar-refractivity contribution is 5.58. The van der Waals surface area contributed by atoms with Gasteiger partial charge in [-0.3, -0.25) is 0 Å². The van der Waals surface area contributed by atoms with Gasteiger partial charge in [0.05, 0.1) is 0 Å². The lowest BCUT2D eigenvalue weighted by atomic mass is 10.3. The summed E-state index contributed by atoms with van der Waals surface area (Å²) in [6.45, 7) is 0. The van der Waals surface area contributed by atoms with Gasteiger partial charge in [-0.1, -0.05) is 18.2 Å². The van der Waals surface area contributed by atoms with Crippen molar-refractivity contribution in [1.82, 2.24) is 0 Å². The first-order chi connectivity index (χ1) is 5.47. The molecule has 0 bridgehead atoms. The van der Waals surface area contributed by atoms with Gasteiger partial charge in [0.15, 0.2) is 12.4 Å². The molecule has 1 aromatic carbocycles. The van der Waals surface area contributed by atoms with Gasteiger partial charge in [0.25, 0.3) is 0 Å². The van der Waals surface area contributed by atoms with E-state index in [0.29, 0.717) is 0 Å². The van der Waals surface area contributed by atoms with Crippen molar-refractivity contribution >= 4 is 11.9 Å². The van der Waals surface area contributed by atoms with Gasteiger partial charge in [-0.2, -0.15) is 4.58 Å². The maximum Gasteiger partial charge on any atom is 0.210 e. The molecule has 2 rings (SSSR count). The Morgan fingerprint density at radius 3 is 2.42 bits per heavy atom. The van der Waals surface area contributed by atoms with E-state index in [-0.39, 0.29) is 4.70 Å². The lowest BCUT2D eigenvalue weighted by molar-refractivity contribution is -0.351. The maximum atomic E-state index is 2.16. The van der Waals surface area contributed by atoms with Crippen LogP contribution in [0.4, 0.5) is 5.69 Å². The van der Waals surface area contributed by atoms with E-state index >= 15 is 0 Å². The van der Waals surface area contributed by atoms with Crippen LogP contribution in [-0.4, -0.2) is 10.8 Å². The first kappa shape index (κ1) is 8.65. The molecule has 12 heavy (non-hydrogen) atoms. The van der Waals surface area contributed by atoms with E-state index in [9.17, 15) is 0 Å². The van der Waals surface area contributed by atoms with E-state index in [1.165, 1.54) is 5.69 Å². The van der Waals surface area contributed by atoms with Crippen LogP contribution in [0.25, 0.3) is 0 Å². The first-order valence-corrected chi connectivity index (χ1v) is 3.80. The molecule has 0 saturated heterocycles. The lowest BCUT2D eigenvalue weighted by Crippen LogP contribution is -3.00. The third-order valence-corrected chi connectivity index (χ3v) is 1.76. The molecule has 1 aromatic rings. The summed E-state index contributed by atoms with van der Waals surface area (Å²) in [4.78, 5) is 0. The highest BCUT2D eigenvalue weighted by Crippen LogP contribution is 2.12. The van der Waals surface area contributed by atoms with Crippen LogP contribution in [0.2, 0.25) is 0 Å². The van der Waals surface area contributed by atoms with Gasteiger partial charge in [-0.25, -0.2) is 0 Å².